The van der Waals surface area contributed by atoms with Gasteiger partial charge in [-0.2, -0.15) is 0 Å². The zero-order chi connectivity index (χ0) is 31.0. The molecule has 0 bridgehead atoms. The lowest BCUT2D eigenvalue weighted by Gasteiger charge is -2.34. The average Bonchev–Trinajstić information content (AvgIpc) is 3.53. The van der Waals surface area contributed by atoms with Crippen LogP contribution < -0.4 is 19.1 Å². The van der Waals surface area contributed by atoms with Gasteiger partial charge in [0.2, 0.25) is 11.8 Å². The maximum atomic E-state index is 14.3. The smallest absolute Gasteiger partial charge is 0.264 e. The van der Waals surface area contributed by atoms with Crippen LogP contribution in [0.25, 0.3) is 0 Å². The lowest BCUT2D eigenvalue weighted by atomic mass is 10.1. The summed E-state index contributed by atoms with van der Waals surface area (Å²) in [6, 6.07) is 19.6. The highest BCUT2D eigenvalue weighted by atomic mass is 32.2. The van der Waals surface area contributed by atoms with E-state index in [-0.39, 0.29) is 23.4 Å². The van der Waals surface area contributed by atoms with E-state index in [9.17, 15) is 18.0 Å². The van der Waals surface area contributed by atoms with Crippen molar-refractivity contribution in [2.45, 2.75) is 69.5 Å². The lowest BCUT2D eigenvalue weighted by molar-refractivity contribution is -0.140. The second-order valence-corrected chi connectivity index (χ2v) is 12.7. The van der Waals surface area contributed by atoms with Gasteiger partial charge in [-0.05, 0) is 80.3 Å². The van der Waals surface area contributed by atoms with Crippen LogP contribution in [0.4, 0.5) is 5.69 Å². The van der Waals surface area contributed by atoms with Gasteiger partial charge in [-0.3, -0.25) is 13.9 Å². The SMILES string of the molecule is CC[C@@H](C(=O)NC1CCCC1)N(Cc1cccc(OC)c1)C(=O)CN(c1ccc(C)cc1)S(=O)(=O)c1ccc(OC)cc1. The molecule has 1 fully saturated rings. The van der Waals surface area contributed by atoms with Gasteiger partial charge in [0.1, 0.15) is 24.1 Å². The minimum Gasteiger partial charge on any atom is -0.497 e. The van der Waals surface area contributed by atoms with Gasteiger partial charge in [-0.25, -0.2) is 8.42 Å². The van der Waals surface area contributed by atoms with Gasteiger partial charge < -0.3 is 19.7 Å². The maximum Gasteiger partial charge on any atom is 0.264 e. The van der Waals surface area contributed by atoms with E-state index >= 15 is 0 Å². The van der Waals surface area contributed by atoms with Gasteiger partial charge in [-0.1, -0.05) is 49.6 Å². The van der Waals surface area contributed by atoms with Crippen LogP contribution in [-0.4, -0.2) is 58.0 Å². The number of nitrogens with zero attached hydrogens (tertiary/aromatic N) is 2. The minimum atomic E-state index is -4.17. The Labute approximate surface area is 254 Å². The first-order valence-corrected chi connectivity index (χ1v) is 16.1. The summed E-state index contributed by atoms with van der Waals surface area (Å²) in [6.07, 6.45) is 4.30. The molecule has 230 valence electrons. The van der Waals surface area contributed by atoms with E-state index in [1.54, 1.807) is 49.6 Å². The molecule has 0 aromatic heterocycles. The molecule has 1 N–H and O–H groups in total. The average molecular weight is 608 g/mol. The van der Waals surface area contributed by atoms with E-state index in [1.165, 1.54) is 24.1 Å². The highest BCUT2D eigenvalue weighted by Gasteiger charge is 2.34. The molecule has 0 spiro atoms. The Kier molecular flexibility index (Phi) is 10.7. The molecule has 1 saturated carbocycles. The van der Waals surface area contributed by atoms with Crippen molar-refractivity contribution in [3.63, 3.8) is 0 Å². The fourth-order valence-corrected chi connectivity index (χ4v) is 6.78. The number of carbonyl (C=O) groups excluding carboxylic acids is 2. The molecule has 3 aromatic carbocycles. The largest absolute Gasteiger partial charge is 0.497 e. The molecule has 1 aliphatic rings. The maximum absolute atomic E-state index is 14.3. The van der Waals surface area contributed by atoms with E-state index in [2.05, 4.69) is 5.32 Å². The molecule has 1 aliphatic carbocycles. The lowest BCUT2D eigenvalue weighted by Crippen LogP contribution is -2.53. The summed E-state index contributed by atoms with van der Waals surface area (Å²) in [5, 5.41) is 3.13. The first-order chi connectivity index (χ1) is 20.7. The Morgan fingerprint density at radius 1 is 0.930 bits per heavy atom. The highest BCUT2D eigenvalue weighted by molar-refractivity contribution is 7.92. The molecule has 9 nitrogen and oxygen atoms in total. The summed E-state index contributed by atoms with van der Waals surface area (Å²) in [4.78, 5) is 29.4. The van der Waals surface area contributed by atoms with Crippen molar-refractivity contribution in [3.05, 3.63) is 83.9 Å². The Bertz CT molecular complexity index is 1490. The van der Waals surface area contributed by atoms with E-state index in [1.807, 2.05) is 32.0 Å². The number of carbonyl (C=O) groups is 2. The second-order valence-electron chi connectivity index (χ2n) is 10.8. The summed E-state index contributed by atoms with van der Waals surface area (Å²) < 4.78 is 39.8. The Morgan fingerprint density at radius 2 is 1.58 bits per heavy atom. The number of aryl methyl sites for hydroxylation is 1. The van der Waals surface area contributed by atoms with Gasteiger partial charge in [0, 0.05) is 12.6 Å². The standard InChI is InChI=1S/C33H41N3O6S/c1-5-31(33(38)34-26-10-6-7-11-26)35(22-25-9-8-12-29(21-25)42-4)32(37)23-36(27-15-13-24(2)14-16-27)43(39,40)30-19-17-28(41-3)18-20-30/h8-9,12-21,26,31H,5-7,10-11,22-23H2,1-4H3,(H,34,38)/t31-/m0/s1. The predicted molar refractivity (Wildman–Crippen MR) is 167 cm³/mol. The third-order valence-corrected chi connectivity index (χ3v) is 9.61. The molecule has 0 unspecified atom stereocenters. The molecule has 0 radical (unpaired) electrons. The first-order valence-electron chi connectivity index (χ1n) is 14.6. The quantitative estimate of drug-likeness (QED) is 0.291. The normalized spacial score (nSPS) is 14.1. The first kappa shape index (κ1) is 31.9. The molecule has 0 aliphatic heterocycles. The van der Waals surface area contributed by atoms with Gasteiger partial charge in [-0.15, -0.1) is 0 Å². The van der Waals surface area contributed by atoms with Crippen LogP contribution in [0.1, 0.15) is 50.2 Å². The van der Waals surface area contributed by atoms with E-state index in [4.69, 9.17) is 9.47 Å². The fraction of sp³-hybridized carbons (Fsp3) is 0.394. The van der Waals surface area contributed by atoms with E-state index in [0.29, 0.717) is 23.6 Å². The highest BCUT2D eigenvalue weighted by Crippen LogP contribution is 2.27. The zero-order valence-electron chi connectivity index (χ0n) is 25.3. The number of anilines is 1. The monoisotopic (exact) mass is 607 g/mol. The van der Waals surface area contributed by atoms with Gasteiger partial charge in [0.15, 0.2) is 0 Å². The number of hydrogen-bond acceptors (Lipinski definition) is 6. The number of amides is 2. The van der Waals surface area contributed by atoms with Crippen LogP contribution in [0.5, 0.6) is 11.5 Å². The number of ether oxygens (including phenoxy) is 2. The van der Waals surface area contributed by atoms with Crippen molar-refractivity contribution in [1.29, 1.82) is 0 Å². The molecule has 1 atom stereocenters. The molecule has 0 heterocycles. The molecule has 10 heteroatoms. The van der Waals surface area contributed by atoms with Gasteiger partial charge >= 0.3 is 0 Å². The molecular formula is C33H41N3O6S. The van der Waals surface area contributed by atoms with Crippen molar-refractivity contribution in [2.24, 2.45) is 0 Å². The van der Waals surface area contributed by atoms with Crippen LogP contribution in [0.15, 0.2) is 77.7 Å². The predicted octanol–water partition coefficient (Wildman–Crippen LogP) is 5.07. The molecule has 3 aromatic rings. The number of sulfonamides is 1. The number of hydrogen-bond donors (Lipinski definition) is 1. The van der Waals surface area contributed by atoms with Crippen LogP contribution in [0.3, 0.4) is 0 Å². The third kappa shape index (κ3) is 7.87. The summed E-state index contributed by atoms with van der Waals surface area (Å²) >= 11 is 0. The Balaban J connectivity index is 1.71. The van der Waals surface area contributed by atoms with Crippen molar-refractivity contribution in [2.75, 3.05) is 25.1 Å². The Hall–Kier alpha value is -4.05. The molecule has 4 rings (SSSR count). The second kappa shape index (κ2) is 14.4. The number of rotatable bonds is 13. The summed E-state index contributed by atoms with van der Waals surface area (Å²) in [5.41, 5.74) is 2.06. The van der Waals surface area contributed by atoms with Crippen LogP contribution >= 0.6 is 0 Å². The third-order valence-electron chi connectivity index (χ3n) is 7.82. The topological polar surface area (TPSA) is 105 Å². The molecule has 2 amide bonds. The minimum absolute atomic E-state index is 0.0204. The summed E-state index contributed by atoms with van der Waals surface area (Å²) in [6.45, 7) is 3.38. The fourth-order valence-electron chi connectivity index (χ4n) is 5.37. The molecular weight excluding hydrogens is 566 g/mol. The van der Waals surface area contributed by atoms with Gasteiger partial charge in [0.05, 0.1) is 24.8 Å². The van der Waals surface area contributed by atoms with Crippen molar-refractivity contribution >= 4 is 27.5 Å². The number of methoxy groups -OCH3 is 2. The van der Waals surface area contributed by atoms with Crippen molar-refractivity contribution in [3.8, 4) is 11.5 Å². The van der Waals surface area contributed by atoms with Crippen LogP contribution in [0.2, 0.25) is 0 Å². The summed E-state index contributed by atoms with van der Waals surface area (Å²) in [5.74, 6) is 0.414. The van der Waals surface area contributed by atoms with Gasteiger partial charge in [0.25, 0.3) is 10.0 Å². The van der Waals surface area contributed by atoms with Crippen LogP contribution in [-0.2, 0) is 26.2 Å². The van der Waals surface area contributed by atoms with E-state index in [0.717, 1.165) is 41.1 Å². The van der Waals surface area contributed by atoms with Crippen molar-refractivity contribution < 1.29 is 27.5 Å². The summed E-state index contributed by atoms with van der Waals surface area (Å²) in [7, 11) is -1.10. The zero-order valence-corrected chi connectivity index (χ0v) is 26.1. The molecule has 43 heavy (non-hydrogen) atoms. The number of benzene rings is 3. The number of nitrogens with one attached hydrogen (secondary N) is 1. The Morgan fingerprint density at radius 3 is 2.19 bits per heavy atom. The van der Waals surface area contributed by atoms with E-state index < -0.39 is 28.5 Å². The van der Waals surface area contributed by atoms with Crippen molar-refractivity contribution in [1.82, 2.24) is 10.2 Å². The van der Waals surface area contributed by atoms with Crippen LogP contribution in [0, 0.1) is 6.92 Å². The molecule has 0 saturated heterocycles.